The molecule has 4 atom stereocenters. The van der Waals surface area contributed by atoms with Crippen LogP contribution in [0.25, 0.3) is 0 Å². The van der Waals surface area contributed by atoms with Gasteiger partial charge < -0.3 is 15.3 Å². The molecule has 0 saturated carbocycles. The van der Waals surface area contributed by atoms with Crippen molar-refractivity contribution in [2.75, 3.05) is 26.2 Å². The van der Waals surface area contributed by atoms with E-state index in [1.54, 1.807) is 0 Å². The Morgan fingerprint density at radius 1 is 1.32 bits per heavy atom. The van der Waals surface area contributed by atoms with E-state index in [4.69, 9.17) is 0 Å². The van der Waals surface area contributed by atoms with E-state index in [0.29, 0.717) is 18.5 Å². The van der Waals surface area contributed by atoms with Gasteiger partial charge in [0.05, 0.1) is 6.10 Å². The van der Waals surface area contributed by atoms with Crippen LogP contribution in [0.2, 0.25) is 0 Å². The summed E-state index contributed by atoms with van der Waals surface area (Å²) < 4.78 is 0. The first kappa shape index (κ1) is 18.2. The van der Waals surface area contributed by atoms with E-state index in [9.17, 15) is 9.90 Å². The Bertz CT molecular complexity index is 563. The van der Waals surface area contributed by atoms with Crippen LogP contribution in [0.15, 0.2) is 30.3 Å². The quantitative estimate of drug-likeness (QED) is 0.861. The molecule has 0 radical (unpaired) electrons. The molecule has 2 aliphatic heterocycles. The molecule has 1 aromatic carbocycles. The van der Waals surface area contributed by atoms with Crippen LogP contribution < -0.4 is 5.32 Å². The second-order valence-corrected chi connectivity index (χ2v) is 7.79. The molecule has 5 nitrogen and oxygen atoms in total. The number of urea groups is 1. The highest BCUT2D eigenvalue weighted by atomic mass is 16.3. The normalized spacial score (nSPS) is 28.3. The molecule has 3 rings (SSSR count). The van der Waals surface area contributed by atoms with Crippen molar-refractivity contribution in [2.24, 2.45) is 11.8 Å². The van der Waals surface area contributed by atoms with Crippen LogP contribution in [0.4, 0.5) is 4.79 Å². The molecule has 2 heterocycles. The summed E-state index contributed by atoms with van der Waals surface area (Å²) in [5.41, 5.74) is 1.35. The van der Waals surface area contributed by atoms with E-state index in [1.165, 1.54) is 5.56 Å². The van der Waals surface area contributed by atoms with Gasteiger partial charge in [-0.15, -0.1) is 0 Å². The van der Waals surface area contributed by atoms with Crippen molar-refractivity contribution < 1.29 is 9.90 Å². The number of benzene rings is 1. The summed E-state index contributed by atoms with van der Waals surface area (Å²) in [7, 11) is 0. The fourth-order valence-corrected chi connectivity index (χ4v) is 4.11. The van der Waals surface area contributed by atoms with Crippen LogP contribution in [-0.4, -0.2) is 59.3 Å². The summed E-state index contributed by atoms with van der Waals surface area (Å²) in [5.74, 6) is 0.733. The molecular formula is C20H31N3O2. The standard InChI is InChI=1S/C20H31N3O2/c1-15-10-18(13-23(15)12-17-6-4-3-5-7-17)11-21-20(25)22-9-8-19(14-22)16(2)24/h3-7,15-16,18-19,24H,8-14H2,1-2H3,(H,21,25). The average Bonchev–Trinajstić information content (AvgIpc) is 3.21. The lowest BCUT2D eigenvalue weighted by atomic mass is 10.0. The Morgan fingerprint density at radius 3 is 2.76 bits per heavy atom. The van der Waals surface area contributed by atoms with Gasteiger partial charge in [-0.3, -0.25) is 4.90 Å². The van der Waals surface area contributed by atoms with Crippen molar-refractivity contribution in [3.8, 4) is 0 Å². The van der Waals surface area contributed by atoms with Gasteiger partial charge >= 0.3 is 6.03 Å². The average molecular weight is 345 g/mol. The summed E-state index contributed by atoms with van der Waals surface area (Å²) in [6.07, 6.45) is 1.69. The lowest BCUT2D eigenvalue weighted by Crippen LogP contribution is -2.41. The third kappa shape index (κ3) is 4.73. The fourth-order valence-electron chi connectivity index (χ4n) is 4.11. The number of rotatable bonds is 5. The molecule has 2 aliphatic rings. The molecule has 0 aromatic heterocycles. The van der Waals surface area contributed by atoms with Gasteiger partial charge in [0.1, 0.15) is 0 Å². The van der Waals surface area contributed by atoms with Crippen molar-refractivity contribution in [1.82, 2.24) is 15.1 Å². The molecular weight excluding hydrogens is 314 g/mol. The van der Waals surface area contributed by atoms with E-state index in [2.05, 4.69) is 47.5 Å². The fraction of sp³-hybridized carbons (Fsp3) is 0.650. The number of aliphatic hydroxyl groups is 1. The predicted octanol–water partition coefficient (Wildman–Crippen LogP) is 2.31. The first-order chi connectivity index (χ1) is 12.0. The lowest BCUT2D eigenvalue weighted by molar-refractivity contribution is 0.129. The maximum Gasteiger partial charge on any atom is 0.317 e. The van der Waals surface area contributed by atoms with Crippen molar-refractivity contribution in [1.29, 1.82) is 0 Å². The van der Waals surface area contributed by atoms with E-state index < -0.39 is 0 Å². The van der Waals surface area contributed by atoms with Crippen LogP contribution in [0, 0.1) is 11.8 Å². The molecule has 138 valence electrons. The van der Waals surface area contributed by atoms with Gasteiger partial charge in [0, 0.05) is 44.7 Å². The minimum Gasteiger partial charge on any atom is -0.393 e. The Balaban J connectivity index is 1.43. The van der Waals surface area contributed by atoms with Gasteiger partial charge in [0.15, 0.2) is 0 Å². The van der Waals surface area contributed by atoms with Gasteiger partial charge in [-0.25, -0.2) is 4.79 Å². The molecule has 4 unspecified atom stereocenters. The SMILES string of the molecule is CC(O)C1CCN(C(=O)NCC2CC(C)N(Cc3ccccc3)C2)C1. The molecule has 2 fully saturated rings. The van der Waals surface area contributed by atoms with Crippen molar-refractivity contribution in [2.45, 2.75) is 45.4 Å². The number of amides is 2. The van der Waals surface area contributed by atoms with Crippen molar-refractivity contribution in [3.63, 3.8) is 0 Å². The summed E-state index contributed by atoms with van der Waals surface area (Å²) in [6.45, 7) is 8.27. The zero-order valence-electron chi connectivity index (χ0n) is 15.4. The van der Waals surface area contributed by atoms with Gasteiger partial charge in [-0.2, -0.15) is 0 Å². The molecule has 2 N–H and O–H groups in total. The minimum atomic E-state index is -0.333. The molecule has 0 spiro atoms. The number of carbonyl (C=O) groups excluding carboxylic acids is 1. The zero-order chi connectivity index (χ0) is 17.8. The zero-order valence-corrected chi connectivity index (χ0v) is 15.4. The highest BCUT2D eigenvalue weighted by Gasteiger charge is 2.31. The predicted molar refractivity (Wildman–Crippen MR) is 99.2 cm³/mol. The first-order valence-corrected chi connectivity index (χ1v) is 9.51. The number of hydrogen-bond acceptors (Lipinski definition) is 3. The van der Waals surface area contributed by atoms with Crippen molar-refractivity contribution in [3.05, 3.63) is 35.9 Å². The number of aliphatic hydroxyl groups excluding tert-OH is 1. The van der Waals surface area contributed by atoms with Gasteiger partial charge in [0.25, 0.3) is 0 Å². The number of hydrogen-bond donors (Lipinski definition) is 2. The molecule has 2 saturated heterocycles. The molecule has 2 amide bonds. The number of likely N-dealkylation sites (tertiary alicyclic amines) is 2. The van der Waals surface area contributed by atoms with Crippen LogP contribution in [-0.2, 0) is 6.54 Å². The smallest absolute Gasteiger partial charge is 0.317 e. The van der Waals surface area contributed by atoms with Gasteiger partial charge in [0.2, 0.25) is 0 Å². The molecule has 5 heteroatoms. The van der Waals surface area contributed by atoms with Crippen LogP contribution in [0.5, 0.6) is 0 Å². The monoisotopic (exact) mass is 345 g/mol. The maximum atomic E-state index is 12.3. The number of carbonyl (C=O) groups is 1. The van der Waals surface area contributed by atoms with E-state index >= 15 is 0 Å². The third-order valence-corrected chi connectivity index (χ3v) is 5.76. The minimum absolute atomic E-state index is 0.0253. The van der Waals surface area contributed by atoms with E-state index in [1.807, 2.05) is 11.8 Å². The van der Waals surface area contributed by atoms with Gasteiger partial charge in [-0.05, 0) is 38.2 Å². The van der Waals surface area contributed by atoms with Crippen LogP contribution in [0.3, 0.4) is 0 Å². The molecule has 25 heavy (non-hydrogen) atoms. The first-order valence-electron chi connectivity index (χ1n) is 9.51. The Hall–Kier alpha value is -1.59. The van der Waals surface area contributed by atoms with Crippen LogP contribution in [0.1, 0.15) is 32.3 Å². The second kappa shape index (κ2) is 8.19. The topological polar surface area (TPSA) is 55.8 Å². The Labute approximate surface area is 151 Å². The maximum absolute atomic E-state index is 12.3. The number of nitrogens with one attached hydrogen (secondary N) is 1. The molecule has 0 aliphatic carbocycles. The third-order valence-electron chi connectivity index (χ3n) is 5.76. The summed E-state index contributed by atoms with van der Waals surface area (Å²) in [6, 6.07) is 11.2. The summed E-state index contributed by atoms with van der Waals surface area (Å²) in [4.78, 5) is 16.7. The summed E-state index contributed by atoms with van der Waals surface area (Å²) in [5, 5.41) is 12.8. The van der Waals surface area contributed by atoms with Crippen molar-refractivity contribution >= 4 is 6.03 Å². The molecule has 0 bridgehead atoms. The largest absolute Gasteiger partial charge is 0.393 e. The highest BCUT2D eigenvalue weighted by Crippen LogP contribution is 2.25. The Morgan fingerprint density at radius 2 is 2.08 bits per heavy atom. The van der Waals surface area contributed by atoms with E-state index in [-0.39, 0.29) is 18.1 Å². The summed E-state index contributed by atoms with van der Waals surface area (Å²) >= 11 is 0. The second-order valence-electron chi connectivity index (χ2n) is 7.79. The van der Waals surface area contributed by atoms with Crippen LogP contribution >= 0.6 is 0 Å². The van der Waals surface area contributed by atoms with Gasteiger partial charge in [-0.1, -0.05) is 30.3 Å². The lowest BCUT2D eigenvalue weighted by Gasteiger charge is -2.21. The molecule has 1 aromatic rings. The Kier molecular flexibility index (Phi) is 5.97. The highest BCUT2D eigenvalue weighted by molar-refractivity contribution is 5.74. The number of nitrogens with zero attached hydrogens (tertiary/aromatic N) is 2. The van der Waals surface area contributed by atoms with E-state index in [0.717, 1.165) is 39.0 Å².